The molecule has 4 amide bonds. The van der Waals surface area contributed by atoms with Gasteiger partial charge in [-0.1, -0.05) is 71.2 Å². The first-order chi connectivity index (χ1) is 26.8. The molecule has 16 heteroatoms. The fraction of sp³-hybridized carbons (Fsp3) is 0.425. The number of carbonyl (C=O) groups is 7. The number of carboxylic acid groups (broad SMARTS) is 2. The number of hydrogen-bond donors (Lipinski definition) is 5. The van der Waals surface area contributed by atoms with E-state index >= 15 is 0 Å². The van der Waals surface area contributed by atoms with Crippen molar-refractivity contribution in [2.24, 2.45) is 5.92 Å². The number of carboxylic acids is 2. The lowest BCUT2D eigenvalue weighted by Crippen LogP contribution is -2.49. The van der Waals surface area contributed by atoms with Crippen molar-refractivity contribution in [2.45, 2.75) is 91.1 Å². The van der Waals surface area contributed by atoms with Gasteiger partial charge < -0.3 is 40.2 Å². The lowest BCUT2D eigenvalue weighted by molar-refractivity contribution is -0.171. The molecule has 0 spiro atoms. The van der Waals surface area contributed by atoms with E-state index in [0.29, 0.717) is 36.8 Å². The predicted octanol–water partition coefficient (Wildman–Crippen LogP) is 5.14. The van der Waals surface area contributed by atoms with Gasteiger partial charge in [-0.25, -0.2) is 9.59 Å². The Morgan fingerprint density at radius 3 is 2.25 bits per heavy atom. The van der Waals surface area contributed by atoms with Crippen LogP contribution in [0.15, 0.2) is 59.0 Å². The molecule has 3 atom stereocenters. The van der Waals surface area contributed by atoms with Gasteiger partial charge in [-0.3, -0.25) is 24.0 Å². The second-order valence-corrected chi connectivity index (χ2v) is 13.2. The first-order valence-corrected chi connectivity index (χ1v) is 18.5. The number of rotatable bonds is 23. The molecule has 0 aliphatic heterocycles. The molecular formula is C40H50N4O12. The molecule has 302 valence electrons. The fourth-order valence-electron chi connectivity index (χ4n) is 6.05. The number of furan rings is 1. The Bertz CT molecular complexity index is 1860. The van der Waals surface area contributed by atoms with Crippen molar-refractivity contribution < 1.29 is 57.8 Å². The molecule has 0 saturated heterocycles. The highest BCUT2D eigenvalue weighted by molar-refractivity contribution is 6.00. The Morgan fingerprint density at radius 2 is 1.62 bits per heavy atom. The molecule has 0 fully saturated rings. The van der Waals surface area contributed by atoms with E-state index in [0.717, 1.165) is 23.5 Å². The van der Waals surface area contributed by atoms with E-state index < -0.39 is 60.1 Å². The summed E-state index contributed by atoms with van der Waals surface area (Å²) in [6, 6.07) is 11.7. The normalized spacial score (nSPS) is 12.5. The lowest BCUT2D eigenvalue weighted by atomic mass is 9.90. The highest BCUT2D eigenvalue weighted by Crippen LogP contribution is 2.30. The number of ether oxygens (including phenoxy) is 1. The zero-order chi connectivity index (χ0) is 41.4. The van der Waals surface area contributed by atoms with Gasteiger partial charge in [0, 0.05) is 5.56 Å². The van der Waals surface area contributed by atoms with E-state index in [1.807, 2.05) is 32.9 Å². The van der Waals surface area contributed by atoms with Crippen LogP contribution in [0.2, 0.25) is 0 Å². The third kappa shape index (κ3) is 12.2. The number of nitrogens with zero attached hydrogens (tertiary/aromatic N) is 1. The van der Waals surface area contributed by atoms with Gasteiger partial charge in [0.15, 0.2) is 5.76 Å². The summed E-state index contributed by atoms with van der Waals surface area (Å²) >= 11 is 0. The molecular weight excluding hydrogens is 728 g/mol. The number of hydrogen-bond acceptors (Lipinski definition) is 10. The van der Waals surface area contributed by atoms with Crippen molar-refractivity contribution in [2.75, 3.05) is 13.3 Å². The zero-order valence-corrected chi connectivity index (χ0v) is 32.2. The van der Waals surface area contributed by atoms with Gasteiger partial charge in [0.25, 0.3) is 11.8 Å². The Morgan fingerprint density at radius 1 is 0.893 bits per heavy atom. The van der Waals surface area contributed by atoms with Crippen LogP contribution in [0.3, 0.4) is 0 Å². The SMILES string of the molecule is CCCCC[C@@H](C(=O)NCNC(=O)c1ccc(-c2ccc(C(=O)N[C@@H](CC(=O)O)C(=O)O)c(OCC)c2)o1)[C@@H](CC)N(C=O)OC(=O)c1ccccc1C(C)C. The predicted molar refractivity (Wildman–Crippen MR) is 202 cm³/mol. The summed E-state index contributed by atoms with van der Waals surface area (Å²) in [6.45, 7) is 9.21. The molecule has 0 radical (unpaired) electrons. The zero-order valence-electron chi connectivity index (χ0n) is 32.2. The van der Waals surface area contributed by atoms with Gasteiger partial charge in [0.05, 0.1) is 42.8 Å². The summed E-state index contributed by atoms with van der Waals surface area (Å²) in [5.74, 6) is -6.16. The highest BCUT2D eigenvalue weighted by atomic mass is 16.7. The molecule has 5 N–H and O–H groups in total. The van der Waals surface area contributed by atoms with Gasteiger partial charge in [-0.15, -0.1) is 0 Å². The molecule has 0 unspecified atom stereocenters. The Hall–Kier alpha value is -6.19. The van der Waals surface area contributed by atoms with E-state index in [1.54, 1.807) is 26.0 Å². The molecule has 0 bridgehead atoms. The molecule has 1 heterocycles. The van der Waals surface area contributed by atoms with Crippen molar-refractivity contribution in [3.05, 3.63) is 77.0 Å². The number of nitrogens with one attached hydrogen (secondary N) is 3. The van der Waals surface area contributed by atoms with Crippen LogP contribution in [0.4, 0.5) is 0 Å². The standard InChI is InChI=1S/C40H50N4O12/c1-6-9-10-15-28(31(7-2)44(23-45)56-40(53)27-14-12-11-13-26(27)24(4)5)36(48)41-22-42-38(50)33-19-18-32(55-33)25-16-17-29(34(20-25)54-8-3)37(49)43-30(39(51)52)21-35(46)47/h11-14,16-20,23-24,28,30-31H,6-10,15,21-22H2,1-5H3,(H,41,48)(H,42,50)(H,43,49)(H,46,47)(H,51,52)/t28-,30+,31-/m1/s1. The van der Waals surface area contributed by atoms with Crippen LogP contribution in [-0.4, -0.2) is 82.7 Å². The number of amides is 4. The van der Waals surface area contributed by atoms with Crippen LogP contribution in [-0.2, 0) is 24.0 Å². The maximum absolute atomic E-state index is 13.6. The summed E-state index contributed by atoms with van der Waals surface area (Å²) in [5.41, 5.74) is 1.44. The van der Waals surface area contributed by atoms with E-state index in [-0.39, 0.29) is 42.0 Å². The Balaban J connectivity index is 1.71. The van der Waals surface area contributed by atoms with E-state index in [9.17, 15) is 38.7 Å². The summed E-state index contributed by atoms with van der Waals surface area (Å²) < 4.78 is 11.3. The maximum atomic E-state index is 13.6. The number of aliphatic carboxylic acids is 2. The number of hydroxylamine groups is 2. The average molecular weight is 779 g/mol. The third-order valence-electron chi connectivity index (χ3n) is 8.89. The number of unbranched alkanes of at least 4 members (excludes halogenated alkanes) is 2. The van der Waals surface area contributed by atoms with Crippen LogP contribution < -0.4 is 20.7 Å². The minimum atomic E-state index is -1.67. The summed E-state index contributed by atoms with van der Waals surface area (Å²) in [6.07, 6.45) is 2.66. The largest absolute Gasteiger partial charge is 0.493 e. The van der Waals surface area contributed by atoms with Crippen molar-refractivity contribution in [1.29, 1.82) is 0 Å². The minimum Gasteiger partial charge on any atom is -0.493 e. The first kappa shape index (κ1) is 44.2. The van der Waals surface area contributed by atoms with E-state index in [2.05, 4.69) is 16.0 Å². The van der Waals surface area contributed by atoms with Gasteiger partial charge in [-0.2, -0.15) is 5.06 Å². The first-order valence-electron chi connectivity index (χ1n) is 18.5. The second-order valence-electron chi connectivity index (χ2n) is 13.2. The van der Waals surface area contributed by atoms with Crippen molar-refractivity contribution in [3.63, 3.8) is 0 Å². The second kappa shape index (κ2) is 21.6. The molecule has 1 aromatic heterocycles. The quantitative estimate of drug-likeness (QED) is 0.0365. The molecule has 56 heavy (non-hydrogen) atoms. The molecule has 0 aliphatic carbocycles. The fourth-order valence-corrected chi connectivity index (χ4v) is 6.05. The van der Waals surface area contributed by atoms with Gasteiger partial charge in [0.2, 0.25) is 12.3 Å². The molecule has 3 aromatic rings. The Labute approximate surface area is 324 Å². The number of benzene rings is 2. The van der Waals surface area contributed by atoms with Crippen LogP contribution in [0.25, 0.3) is 11.3 Å². The summed E-state index contributed by atoms with van der Waals surface area (Å²) in [5, 5.41) is 26.7. The molecule has 3 rings (SSSR count). The number of carbonyl (C=O) groups excluding carboxylic acids is 5. The highest BCUT2D eigenvalue weighted by Gasteiger charge is 2.34. The topological polar surface area (TPSA) is 231 Å². The van der Waals surface area contributed by atoms with Crippen molar-refractivity contribution in [3.8, 4) is 17.1 Å². The van der Waals surface area contributed by atoms with Gasteiger partial charge in [-0.05, 0) is 61.6 Å². The maximum Gasteiger partial charge on any atom is 0.363 e. The van der Waals surface area contributed by atoms with Gasteiger partial charge >= 0.3 is 17.9 Å². The van der Waals surface area contributed by atoms with Gasteiger partial charge in [0.1, 0.15) is 17.6 Å². The molecule has 0 saturated carbocycles. The average Bonchev–Trinajstić information content (AvgIpc) is 3.67. The summed E-state index contributed by atoms with van der Waals surface area (Å²) in [4.78, 5) is 93.1. The van der Waals surface area contributed by atoms with Crippen molar-refractivity contribution in [1.82, 2.24) is 21.0 Å². The monoisotopic (exact) mass is 778 g/mol. The molecule has 0 aliphatic rings. The van der Waals surface area contributed by atoms with Crippen LogP contribution in [0, 0.1) is 5.92 Å². The Kier molecular flexibility index (Phi) is 17.1. The van der Waals surface area contributed by atoms with Crippen LogP contribution >= 0.6 is 0 Å². The third-order valence-corrected chi connectivity index (χ3v) is 8.89. The van der Waals surface area contributed by atoms with Crippen molar-refractivity contribution >= 4 is 42.0 Å². The molecule has 16 nitrogen and oxygen atoms in total. The van der Waals surface area contributed by atoms with Crippen LogP contribution in [0.1, 0.15) is 116 Å². The smallest absolute Gasteiger partial charge is 0.363 e. The van der Waals surface area contributed by atoms with Crippen LogP contribution in [0.5, 0.6) is 5.75 Å². The van der Waals surface area contributed by atoms with E-state index in [1.165, 1.54) is 30.3 Å². The lowest BCUT2D eigenvalue weighted by Gasteiger charge is -2.32. The van der Waals surface area contributed by atoms with E-state index in [4.69, 9.17) is 19.1 Å². The summed E-state index contributed by atoms with van der Waals surface area (Å²) in [7, 11) is 0. The minimum absolute atomic E-state index is 0.0245. The molecule has 2 aromatic carbocycles.